The molecule has 0 bridgehead atoms. The largest absolute Gasteiger partial charge is 0.272 e. The van der Waals surface area contributed by atoms with Crippen molar-refractivity contribution in [3.05, 3.63) is 0 Å². The van der Waals surface area contributed by atoms with E-state index in [2.05, 4.69) is 0 Å². The Morgan fingerprint density at radius 2 is 1.73 bits per heavy atom. The van der Waals surface area contributed by atoms with Crippen molar-refractivity contribution in [1.82, 2.24) is 10.1 Å². The van der Waals surface area contributed by atoms with Gasteiger partial charge < -0.3 is 0 Å². The first-order chi connectivity index (χ1) is 5.17. The minimum atomic E-state index is -0.0475. The fraction of sp³-hybridized carbons (Fsp3) is 0.857. The summed E-state index contributed by atoms with van der Waals surface area (Å²) >= 11 is 0. The van der Waals surface area contributed by atoms with E-state index in [1.165, 1.54) is 5.12 Å². The summed E-state index contributed by atoms with van der Waals surface area (Å²) in [6.07, 6.45) is 0.451. The van der Waals surface area contributed by atoms with Gasteiger partial charge in [-0.3, -0.25) is 4.79 Å². The number of nitrogens with zero attached hydrogens (tertiary/aromatic N) is 2. The van der Waals surface area contributed by atoms with Gasteiger partial charge in [-0.25, -0.2) is 16.0 Å². The van der Waals surface area contributed by atoms with Crippen LogP contribution in [0.25, 0.3) is 0 Å². The zero-order valence-electron chi connectivity index (χ0n) is 7.50. The molecule has 0 atom stereocenters. The van der Waals surface area contributed by atoms with Gasteiger partial charge in [-0.05, 0) is 0 Å². The standard InChI is InChI=1S/C7H17N3O/c1-4-7(11)10(8)9(5-2)6-3/h4-6,8H2,1-3H3. The minimum Gasteiger partial charge on any atom is -0.272 e. The summed E-state index contributed by atoms with van der Waals surface area (Å²) in [5, 5.41) is 2.98. The molecule has 0 aliphatic carbocycles. The van der Waals surface area contributed by atoms with Gasteiger partial charge >= 0.3 is 0 Å². The summed E-state index contributed by atoms with van der Waals surface area (Å²) in [5.74, 6) is 5.46. The molecule has 0 rings (SSSR count). The number of nitrogens with two attached hydrogens (primary N) is 1. The minimum absolute atomic E-state index is 0.0475. The first-order valence-electron chi connectivity index (χ1n) is 3.99. The number of hydrogen-bond acceptors (Lipinski definition) is 3. The van der Waals surface area contributed by atoms with E-state index in [4.69, 9.17) is 5.84 Å². The van der Waals surface area contributed by atoms with Crippen molar-refractivity contribution in [3.63, 3.8) is 0 Å². The number of carbonyl (C=O) groups is 1. The third-order valence-electron chi connectivity index (χ3n) is 1.59. The van der Waals surface area contributed by atoms with Gasteiger partial charge in [0.05, 0.1) is 0 Å². The number of hydrazine groups is 2. The highest BCUT2D eigenvalue weighted by Gasteiger charge is 2.12. The lowest BCUT2D eigenvalue weighted by Gasteiger charge is -2.28. The molecule has 0 aromatic carbocycles. The number of amides is 1. The van der Waals surface area contributed by atoms with E-state index >= 15 is 0 Å². The van der Waals surface area contributed by atoms with Crippen LogP contribution in [0.2, 0.25) is 0 Å². The van der Waals surface area contributed by atoms with Crippen molar-refractivity contribution < 1.29 is 4.79 Å². The smallest absolute Gasteiger partial charge is 0.251 e. The van der Waals surface area contributed by atoms with Crippen molar-refractivity contribution in [2.45, 2.75) is 27.2 Å². The summed E-state index contributed by atoms with van der Waals surface area (Å²) in [6.45, 7) is 7.25. The van der Waals surface area contributed by atoms with E-state index in [9.17, 15) is 4.79 Å². The van der Waals surface area contributed by atoms with E-state index in [0.717, 1.165) is 13.1 Å². The molecule has 0 spiro atoms. The highest BCUT2D eigenvalue weighted by Crippen LogP contribution is 1.93. The van der Waals surface area contributed by atoms with Crippen LogP contribution in [0.5, 0.6) is 0 Å². The van der Waals surface area contributed by atoms with Crippen molar-refractivity contribution in [2.24, 2.45) is 5.84 Å². The molecule has 0 aliphatic heterocycles. The summed E-state index contributed by atoms with van der Waals surface area (Å²) in [7, 11) is 0. The fourth-order valence-corrected chi connectivity index (χ4v) is 0.848. The van der Waals surface area contributed by atoms with E-state index < -0.39 is 0 Å². The van der Waals surface area contributed by atoms with E-state index in [-0.39, 0.29) is 5.91 Å². The Labute approximate surface area is 67.9 Å². The van der Waals surface area contributed by atoms with Gasteiger partial charge in [0.15, 0.2) is 0 Å². The van der Waals surface area contributed by atoms with Crippen LogP contribution in [0, 0.1) is 0 Å². The van der Waals surface area contributed by atoms with E-state index in [1.807, 2.05) is 13.8 Å². The summed E-state index contributed by atoms with van der Waals surface area (Å²) in [4.78, 5) is 11.0. The molecule has 0 aromatic heterocycles. The van der Waals surface area contributed by atoms with Gasteiger partial charge in [0.25, 0.3) is 5.91 Å². The maximum absolute atomic E-state index is 11.0. The van der Waals surface area contributed by atoms with Gasteiger partial charge in [0.2, 0.25) is 0 Å². The first-order valence-corrected chi connectivity index (χ1v) is 3.99. The molecule has 0 unspecified atom stereocenters. The molecule has 0 aromatic rings. The van der Waals surface area contributed by atoms with E-state index in [0.29, 0.717) is 6.42 Å². The third kappa shape index (κ3) is 2.86. The maximum Gasteiger partial charge on any atom is 0.251 e. The van der Waals surface area contributed by atoms with Crippen molar-refractivity contribution in [2.75, 3.05) is 13.1 Å². The van der Waals surface area contributed by atoms with Crippen LogP contribution in [0.3, 0.4) is 0 Å². The average Bonchev–Trinajstić information content (AvgIpc) is 2.05. The molecule has 0 fully saturated rings. The Kier molecular flexibility index (Phi) is 4.81. The molecular formula is C7H17N3O. The molecule has 66 valence electrons. The zero-order chi connectivity index (χ0) is 8.85. The van der Waals surface area contributed by atoms with Gasteiger partial charge in [-0.1, -0.05) is 20.8 Å². The molecule has 0 saturated heterocycles. The second kappa shape index (κ2) is 5.09. The highest BCUT2D eigenvalue weighted by molar-refractivity contribution is 5.74. The monoisotopic (exact) mass is 159 g/mol. The van der Waals surface area contributed by atoms with Gasteiger partial charge in [-0.15, -0.1) is 0 Å². The summed E-state index contributed by atoms with van der Waals surface area (Å²) in [6, 6.07) is 0. The lowest BCUT2D eigenvalue weighted by atomic mass is 10.4. The second-order valence-electron chi connectivity index (χ2n) is 2.23. The van der Waals surface area contributed by atoms with Crippen molar-refractivity contribution >= 4 is 5.91 Å². The third-order valence-corrected chi connectivity index (χ3v) is 1.59. The van der Waals surface area contributed by atoms with Crippen molar-refractivity contribution in [3.8, 4) is 0 Å². The molecule has 0 aliphatic rings. The molecule has 0 radical (unpaired) electrons. The predicted molar refractivity (Wildman–Crippen MR) is 44.2 cm³/mol. The lowest BCUT2D eigenvalue weighted by Crippen LogP contribution is -2.50. The molecule has 1 amide bonds. The van der Waals surface area contributed by atoms with Crippen LogP contribution >= 0.6 is 0 Å². The number of hydrogen-bond donors (Lipinski definition) is 1. The Hall–Kier alpha value is -0.610. The van der Waals surface area contributed by atoms with Crippen LogP contribution in [-0.2, 0) is 4.79 Å². The van der Waals surface area contributed by atoms with Crippen LogP contribution in [0.15, 0.2) is 0 Å². The molecule has 0 saturated carbocycles. The van der Waals surface area contributed by atoms with Crippen LogP contribution < -0.4 is 5.84 Å². The summed E-state index contributed by atoms with van der Waals surface area (Å²) in [5.41, 5.74) is 0. The predicted octanol–water partition coefficient (Wildman–Crippen LogP) is 0.355. The van der Waals surface area contributed by atoms with Gasteiger partial charge in [-0.2, -0.15) is 0 Å². The van der Waals surface area contributed by atoms with Gasteiger partial charge in [0.1, 0.15) is 0 Å². The van der Waals surface area contributed by atoms with Crippen molar-refractivity contribution in [1.29, 1.82) is 0 Å². The SMILES string of the molecule is CCC(=O)N(N)N(CC)CC. The zero-order valence-corrected chi connectivity index (χ0v) is 7.50. The normalized spacial score (nSPS) is 10.3. The number of rotatable bonds is 4. The Morgan fingerprint density at radius 1 is 1.27 bits per heavy atom. The maximum atomic E-state index is 11.0. The highest BCUT2D eigenvalue weighted by atomic mass is 16.2. The van der Waals surface area contributed by atoms with Crippen LogP contribution in [0.4, 0.5) is 0 Å². The van der Waals surface area contributed by atoms with Crippen LogP contribution in [-0.4, -0.2) is 29.1 Å². The Balaban J connectivity index is 3.97. The Morgan fingerprint density at radius 3 is 2.00 bits per heavy atom. The molecule has 4 nitrogen and oxygen atoms in total. The molecule has 4 heteroatoms. The van der Waals surface area contributed by atoms with Crippen LogP contribution in [0.1, 0.15) is 27.2 Å². The quantitative estimate of drug-likeness (QED) is 0.366. The number of carbonyl (C=O) groups excluding carboxylic acids is 1. The topological polar surface area (TPSA) is 49.6 Å². The molecular weight excluding hydrogens is 142 g/mol. The molecule has 11 heavy (non-hydrogen) atoms. The first kappa shape index (κ1) is 10.4. The van der Waals surface area contributed by atoms with E-state index in [1.54, 1.807) is 11.9 Å². The average molecular weight is 159 g/mol. The Bertz CT molecular complexity index is 123. The second-order valence-corrected chi connectivity index (χ2v) is 2.23. The molecule has 0 heterocycles. The van der Waals surface area contributed by atoms with Gasteiger partial charge in [0, 0.05) is 19.5 Å². The fourth-order valence-electron chi connectivity index (χ4n) is 0.848. The lowest BCUT2D eigenvalue weighted by molar-refractivity contribution is -0.148. The summed E-state index contributed by atoms with van der Waals surface area (Å²) < 4.78 is 0. The molecule has 2 N–H and O–H groups in total.